The van der Waals surface area contributed by atoms with Crippen LogP contribution in [0.2, 0.25) is 5.28 Å². The molecule has 0 bridgehead atoms. The number of fused-ring (bicyclic) bond motifs is 1. The lowest BCUT2D eigenvalue weighted by molar-refractivity contribution is 0.525. The lowest BCUT2D eigenvalue weighted by Crippen LogP contribution is -2.40. The zero-order valence-corrected chi connectivity index (χ0v) is 13.2. The van der Waals surface area contributed by atoms with E-state index in [1.54, 1.807) is 0 Å². The zero-order chi connectivity index (χ0) is 16.1. The monoisotopic (exact) mass is 323 g/mol. The Kier molecular flexibility index (Phi) is 5.39. The molecule has 2 aromatic rings. The first kappa shape index (κ1) is 16.3. The van der Waals surface area contributed by atoms with Crippen LogP contribution in [0.1, 0.15) is 39.0 Å². The van der Waals surface area contributed by atoms with Crippen LogP contribution in [0.15, 0.2) is 9.59 Å². The highest BCUT2D eigenvalue weighted by Crippen LogP contribution is 2.10. The molecule has 0 fully saturated rings. The number of hydrogen-bond donors (Lipinski definition) is 1. The number of aromatic nitrogens is 4. The van der Waals surface area contributed by atoms with E-state index < -0.39 is 5.56 Å². The fourth-order valence-corrected chi connectivity index (χ4v) is 2.50. The van der Waals surface area contributed by atoms with E-state index in [4.69, 9.17) is 16.9 Å². The summed E-state index contributed by atoms with van der Waals surface area (Å²) in [6.45, 7) is 2.81. The van der Waals surface area contributed by atoms with Gasteiger partial charge in [-0.25, -0.2) is 4.79 Å². The van der Waals surface area contributed by atoms with E-state index >= 15 is 0 Å². The summed E-state index contributed by atoms with van der Waals surface area (Å²) in [6.07, 6.45) is 3.40. The minimum Gasteiger partial charge on any atom is -0.323 e. The Bertz CT molecular complexity index is 811. The molecular weight excluding hydrogens is 306 g/mol. The van der Waals surface area contributed by atoms with E-state index in [2.05, 4.69) is 16.0 Å². The first-order valence-electron chi connectivity index (χ1n) is 7.36. The third kappa shape index (κ3) is 3.22. The summed E-state index contributed by atoms with van der Waals surface area (Å²) in [6, 6.07) is 2.05. The van der Waals surface area contributed by atoms with Crippen LogP contribution in [0, 0.1) is 11.3 Å². The van der Waals surface area contributed by atoms with Gasteiger partial charge in [0.25, 0.3) is 5.56 Å². The molecule has 0 spiro atoms. The Morgan fingerprint density at radius 2 is 1.95 bits per heavy atom. The predicted molar refractivity (Wildman–Crippen MR) is 84.0 cm³/mol. The average Bonchev–Trinajstić information content (AvgIpc) is 2.88. The Morgan fingerprint density at radius 3 is 2.64 bits per heavy atom. The highest BCUT2D eigenvalue weighted by molar-refractivity contribution is 6.28. The van der Waals surface area contributed by atoms with Gasteiger partial charge in [-0.3, -0.25) is 13.9 Å². The summed E-state index contributed by atoms with van der Waals surface area (Å²) in [4.78, 5) is 31.7. The van der Waals surface area contributed by atoms with Crippen LogP contribution in [0.3, 0.4) is 0 Å². The molecule has 22 heavy (non-hydrogen) atoms. The van der Waals surface area contributed by atoms with Crippen molar-refractivity contribution in [3.8, 4) is 6.07 Å². The topological polar surface area (TPSA) is 96.5 Å². The Labute approximate surface area is 132 Å². The van der Waals surface area contributed by atoms with Gasteiger partial charge >= 0.3 is 5.69 Å². The maximum atomic E-state index is 12.5. The molecule has 0 saturated carbocycles. The van der Waals surface area contributed by atoms with Gasteiger partial charge in [0.15, 0.2) is 11.2 Å². The number of nitrogens with zero attached hydrogens (tertiary/aromatic N) is 4. The van der Waals surface area contributed by atoms with E-state index in [0.717, 1.165) is 12.8 Å². The van der Waals surface area contributed by atoms with Gasteiger partial charge in [-0.05, 0) is 30.9 Å². The van der Waals surface area contributed by atoms with Crippen molar-refractivity contribution in [2.75, 3.05) is 0 Å². The summed E-state index contributed by atoms with van der Waals surface area (Å²) in [5.41, 5.74) is -0.224. The summed E-state index contributed by atoms with van der Waals surface area (Å²) < 4.78 is 2.69. The molecule has 1 N–H and O–H groups in total. The van der Waals surface area contributed by atoms with Crippen molar-refractivity contribution in [2.45, 2.75) is 52.1 Å². The van der Waals surface area contributed by atoms with Crippen molar-refractivity contribution in [1.82, 2.24) is 19.1 Å². The van der Waals surface area contributed by atoms with Gasteiger partial charge in [-0.15, -0.1) is 0 Å². The SMILES string of the molecule is CCCCn1c(=O)n(CCCCC#N)c(=O)c2[nH]c(Cl)nc21. The molecule has 2 heterocycles. The van der Waals surface area contributed by atoms with E-state index in [-0.39, 0.29) is 23.0 Å². The van der Waals surface area contributed by atoms with Crippen LogP contribution in [0.25, 0.3) is 11.2 Å². The van der Waals surface area contributed by atoms with Crippen LogP contribution in [0.5, 0.6) is 0 Å². The third-order valence-electron chi connectivity index (χ3n) is 3.49. The molecule has 7 nitrogen and oxygen atoms in total. The number of H-pyrrole nitrogens is 1. The Balaban J connectivity index is 2.49. The highest BCUT2D eigenvalue weighted by Gasteiger charge is 2.16. The van der Waals surface area contributed by atoms with E-state index in [0.29, 0.717) is 31.5 Å². The summed E-state index contributed by atoms with van der Waals surface area (Å²) in [5, 5.41) is 8.64. The van der Waals surface area contributed by atoms with Crippen LogP contribution in [-0.2, 0) is 13.1 Å². The third-order valence-corrected chi connectivity index (χ3v) is 3.67. The molecule has 0 saturated heterocycles. The fraction of sp³-hybridized carbons (Fsp3) is 0.571. The van der Waals surface area contributed by atoms with Gasteiger partial charge in [0.1, 0.15) is 0 Å². The van der Waals surface area contributed by atoms with Gasteiger partial charge < -0.3 is 4.98 Å². The van der Waals surface area contributed by atoms with Crippen LogP contribution < -0.4 is 11.2 Å². The Morgan fingerprint density at radius 1 is 1.23 bits per heavy atom. The molecule has 0 atom stereocenters. The van der Waals surface area contributed by atoms with E-state index in [1.165, 1.54) is 9.13 Å². The second-order valence-electron chi connectivity index (χ2n) is 5.09. The largest absolute Gasteiger partial charge is 0.332 e. The quantitative estimate of drug-likeness (QED) is 0.622. The first-order valence-corrected chi connectivity index (χ1v) is 7.73. The summed E-state index contributed by atoms with van der Waals surface area (Å²) in [5.74, 6) is 0. The number of aromatic amines is 1. The molecule has 0 aliphatic carbocycles. The van der Waals surface area contributed by atoms with Crippen molar-refractivity contribution in [2.24, 2.45) is 0 Å². The lowest BCUT2D eigenvalue weighted by Gasteiger charge is -2.10. The molecule has 2 aromatic heterocycles. The molecule has 0 aliphatic heterocycles. The maximum absolute atomic E-state index is 12.5. The summed E-state index contributed by atoms with van der Waals surface area (Å²) >= 11 is 5.85. The van der Waals surface area contributed by atoms with Crippen molar-refractivity contribution >= 4 is 22.8 Å². The van der Waals surface area contributed by atoms with Gasteiger partial charge in [-0.2, -0.15) is 10.2 Å². The highest BCUT2D eigenvalue weighted by atomic mass is 35.5. The zero-order valence-electron chi connectivity index (χ0n) is 12.4. The normalized spacial score (nSPS) is 11.0. The number of hydrogen-bond acceptors (Lipinski definition) is 4. The van der Waals surface area contributed by atoms with Gasteiger partial charge in [0, 0.05) is 19.5 Å². The molecule has 0 unspecified atom stereocenters. The molecule has 0 aliphatic rings. The summed E-state index contributed by atoms with van der Waals surface area (Å²) in [7, 11) is 0. The number of aryl methyl sites for hydroxylation is 1. The number of imidazole rings is 1. The molecule has 8 heteroatoms. The molecular formula is C14H18ClN5O2. The molecule has 0 amide bonds. The fourth-order valence-electron chi connectivity index (χ4n) is 2.33. The first-order chi connectivity index (χ1) is 10.6. The molecule has 118 valence electrons. The number of unbranched alkanes of at least 4 members (excludes halogenated alkanes) is 3. The van der Waals surface area contributed by atoms with Crippen LogP contribution >= 0.6 is 11.6 Å². The van der Waals surface area contributed by atoms with Crippen LogP contribution in [-0.4, -0.2) is 19.1 Å². The van der Waals surface area contributed by atoms with Gasteiger partial charge in [-0.1, -0.05) is 13.3 Å². The minimum atomic E-state index is -0.413. The maximum Gasteiger partial charge on any atom is 0.332 e. The number of nitriles is 1. The predicted octanol–water partition coefficient (Wildman–Crippen LogP) is 2.03. The Hall–Kier alpha value is -2.07. The molecule has 0 aromatic carbocycles. The van der Waals surface area contributed by atoms with Crippen molar-refractivity contribution in [3.05, 3.63) is 26.1 Å². The van der Waals surface area contributed by atoms with Gasteiger partial charge in [0.05, 0.1) is 6.07 Å². The lowest BCUT2D eigenvalue weighted by atomic mass is 10.2. The standard InChI is InChI=1S/C14H18ClN5O2/c1-2-3-8-19-11-10(17-13(15)18-11)12(21)20(14(19)22)9-6-4-5-7-16/h2-6,8-9H2,1H3,(H,17,18). The van der Waals surface area contributed by atoms with E-state index in [9.17, 15) is 9.59 Å². The van der Waals surface area contributed by atoms with Crippen LogP contribution in [0.4, 0.5) is 0 Å². The molecule has 2 rings (SSSR count). The number of nitrogens with one attached hydrogen (secondary N) is 1. The minimum absolute atomic E-state index is 0.0963. The smallest absolute Gasteiger partial charge is 0.323 e. The van der Waals surface area contributed by atoms with E-state index in [1.807, 2.05) is 6.92 Å². The van der Waals surface area contributed by atoms with Crippen molar-refractivity contribution in [1.29, 1.82) is 5.26 Å². The molecule has 0 radical (unpaired) electrons. The van der Waals surface area contributed by atoms with Crippen molar-refractivity contribution < 1.29 is 0 Å². The second-order valence-corrected chi connectivity index (χ2v) is 5.44. The van der Waals surface area contributed by atoms with Gasteiger partial charge in [0.2, 0.25) is 5.28 Å². The number of halogens is 1. The van der Waals surface area contributed by atoms with Crippen molar-refractivity contribution in [3.63, 3.8) is 0 Å². The second kappa shape index (κ2) is 7.27. The number of rotatable bonds is 7. The average molecular weight is 324 g/mol.